The van der Waals surface area contributed by atoms with Crippen LogP contribution in [0.4, 0.5) is 11.9 Å². The van der Waals surface area contributed by atoms with Gasteiger partial charge in [-0.3, -0.25) is 0 Å². The van der Waals surface area contributed by atoms with Crippen LogP contribution in [-0.2, 0) is 0 Å². The highest BCUT2D eigenvalue weighted by Crippen LogP contribution is 2.19. The third kappa shape index (κ3) is 3.16. The lowest BCUT2D eigenvalue weighted by atomic mass is 9.90. The normalized spacial score (nSPS) is 11.4. The molecule has 0 saturated heterocycles. The van der Waals surface area contributed by atoms with E-state index in [-0.39, 0.29) is 11.4 Å². The number of aromatic nitrogens is 3. The van der Waals surface area contributed by atoms with E-state index in [1.807, 2.05) is 0 Å². The Morgan fingerprint density at radius 1 is 1.43 bits per heavy atom. The molecule has 3 N–H and O–H groups in total. The Labute approximate surface area is 84.2 Å². The predicted molar refractivity (Wildman–Crippen MR) is 56.8 cm³/mol. The van der Waals surface area contributed by atoms with Crippen molar-refractivity contribution in [1.29, 1.82) is 0 Å². The highest BCUT2D eigenvalue weighted by atomic mass is 15.2. The van der Waals surface area contributed by atoms with Crippen LogP contribution in [0.5, 0.6) is 0 Å². The fourth-order valence-electron chi connectivity index (χ4n) is 0.837. The molecule has 0 fully saturated rings. The van der Waals surface area contributed by atoms with E-state index in [4.69, 9.17) is 5.73 Å². The first-order valence-corrected chi connectivity index (χ1v) is 4.72. The SMILES string of the molecule is CCC(C)(C)CNc1ncnc(N)n1. The molecule has 0 amide bonds. The summed E-state index contributed by atoms with van der Waals surface area (Å²) in [6.45, 7) is 7.35. The average molecular weight is 195 g/mol. The van der Waals surface area contributed by atoms with Crippen molar-refractivity contribution < 1.29 is 0 Å². The van der Waals surface area contributed by atoms with Crippen molar-refractivity contribution in [2.45, 2.75) is 27.2 Å². The van der Waals surface area contributed by atoms with Crippen molar-refractivity contribution in [3.8, 4) is 0 Å². The molecule has 5 nitrogen and oxygen atoms in total. The third-order valence-corrected chi connectivity index (χ3v) is 2.27. The summed E-state index contributed by atoms with van der Waals surface area (Å²) in [6, 6.07) is 0. The number of rotatable bonds is 4. The van der Waals surface area contributed by atoms with E-state index in [0.717, 1.165) is 13.0 Å². The largest absolute Gasteiger partial charge is 0.368 e. The first-order valence-electron chi connectivity index (χ1n) is 4.72. The summed E-state index contributed by atoms with van der Waals surface area (Å²) in [7, 11) is 0. The van der Waals surface area contributed by atoms with Gasteiger partial charge in [0.1, 0.15) is 6.33 Å². The maximum atomic E-state index is 5.43. The van der Waals surface area contributed by atoms with Gasteiger partial charge in [0, 0.05) is 6.54 Å². The minimum absolute atomic E-state index is 0.237. The Bertz CT molecular complexity index is 297. The molecule has 0 saturated carbocycles. The standard InChI is InChI=1S/C9H17N5/c1-4-9(2,3)5-11-8-13-6-12-7(10)14-8/h6H,4-5H2,1-3H3,(H3,10,11,12,13,14). The van der Waals surface area contributed by atoms with Gasteiger partial charge in [0.15, 0.2) is 0 Å². The van der Waals surface area contributed by atoms with Gasteiger partial charge < -0.3 is 11.1 Å². The number of nitrogens with two attached hydrogens (primary N) is 1. The number of hydrogen-bond donors (Lipinski definition) is 2. The molecule has 1 rings (SSSR count). The van der Waals surface area contributed by atoms with Crippen LogP contribution in [0.3, 0.4) is 0 Å². The predicted octanol–water partition coefficient (Wildman–Crippen LogP) is 1.30. The molecule has 0 aliphatic rings. The zero-order valence-electron chi connectivity index (χ0n) is 8.91. The number of nitrogen functional groups attached to an aromatic ring is 1. The van der Waals surface area contributed by atoms with Crippen LogP contribution in [0, 0.1) is 5.41 Å². The number of anilines is 2. The van der Waals surface area contributed by atoms with Gasteiger partial charge in [-0.1, -0.05) is 20.8 Å². The van der Waals surface area contributed by atoms with Crippen LogP contribution in [0.2, 0.25) is 0 Å². The summed E-state index contributed by atoms with van der Waals surface area (Å²) in [5.74, 6) is 0.788. The lowest BCUT2D eigenvalue weighted by molar-refractivity contribution is 0.376. The Morgan fingerprint density at radius 2 is 2.14 bits per heavy atom. The van der Waals surface area contributed by atoms with Crippen LogP contribution in [0.25, 0.3) is 0 Å². The molecule has 1 aromatic heterocycles. The van der Waals surface area contributed by atoms with Crippen LogP contribution >= 0.6 is 0 Å². The Hall–Kier alpha value is -1.39. The van der Waals surface area contributed by atoms with Crippen LogP contribution in [0.1, 0.15) is 27.2 Å². The monoisotopic (exact) mass is 195 g/mol. The van der Waals surface area contributed by atoms with Crippen molar-refractivity contribution in [3.63, 3.8) is 0 Å². The smallest absolute Gasteiger partial charge is 0.227 e. The topological polar surface area (TPSA) is 76.7 Å². The lowest BCUT2D eigenvalue weighted by Crippen LogP contribution is -2.23. The molecular weight excluding hydrogens is 178 g/mol. The second-order valence-electron chi connectivity index (χ2n) is 4.04. The number of nitrogens with one attached hydrogen (secondary N) is 1. The summed E-state index contributed by atoms with van der Waals surface area (Å²) >= 11 is 0. The molecular formula is C9H17N5. The molecule has 1 aromatic rings. The molecule has 0 bridgehead atoms. The zero-order chi connectivity index (χ0) is 10.6. The quantitative estimate of drug-likeness (QED) is 0.757. The number of nitrogens with zero attached hydrogens (tertiary/aromatic N) is 3. The Morgan fingerprint density at radius 3 is 2.71 bits per heavy atom. The van der Waals surface area contributed by atoms with Crippen molar-refractivity contribution >= 4 is 11.9 Å². The summed E-state index contributed by atoms with van der Waals surface area (Å²) in [4.78, 5) is 11.6. The minimum atomic E-state index is 0.237. The second kappa shape index (κ2) is 4.21. The van der Waals surface area contributed by atoms with Crippen molar-refractivity contribution in [2.24, 2.45) is 5.41 Å². The molecule has 0 radical (unpaired) electrons. The van der Waals surface area contributed by atoms with Crippen LogP contribution < -0.4 is 11.1 Å². The summed E-state index contributed by atoms with van der Waals surface area (Å²) in [5, 5.41) is 3.13. The van der Waals surface area contributed by atoms with Gasteiger partial charge in [-0.05, 0) is 11.8 Å². The van der Waals surface area contributed by atoms with Gasteiger partial charge in [-0.2, -0.15) is 4.98 Å². The van der Waals surface area contributed by atoms with E-state index in [0.29, 0.717) is 5.95 Å². The zero-order valence-corrected chi connectivity index (χ0v) is 8.91. The molecule has 1 heterocycles. The van der Waals surface area contributed by atoms with Crippen molar-refractivity contribution in [2.75, 3.05) is 17.6 Å². The van der Waals surface area contributed by atoms with Gasteiger partial charge in [0.25, 0.3) is 0 Å². The van der Waals surface area contributed by atoms with E-state index in [2.05, 4.69) is 41.0 Å². The first kappa shape index (κ1) is 10.7. The van der Waals surface area contributed by atoms with Gasteiger partial charge >= 0.3 is 0 Å². The first-order chi connectivity index (χ1) is 6.53. The maximum absolute atomic E-state index is 5.43. The molecule has 0 aliphatic carbocycles. The van der Waals surface area contributed by atoms with Crippen molar-refractivity contribution in [3.05, 3.63) is 6.33 Å². The fraction of sp³-hybridized carbons (Fsp3) is 0.667. The van der Waals surface area contributed by atoms with E-state index in [1.54, 1.807) is 0 Å². The van der Waals surface area contributed by atoms with E-state index >= 15 is 0 Å². The summed E-state index contributed by atoms with van der Waals surface area (Å²) in [5.41, 5.74) is 5.67. The highest BCUT2D eigenvalue weighted by molar-refractivity contribution is 5.28. The molecule has 0 unspecified atom stereocenters. The minimum Gasteiger partial charge on any atom is -0.368 e. The van der Waals surface area contributed by atoms with Crippen LogP contribution in [-0.4, -0.2) is 21.5 Å². The molecule has 78 valence electrons. The lowest BCUT2D eigenvalue weighted by Gasteiger charge is -2.22. The highest BCUT2D eigenvalue weighted by Gasteiger charge is 2.14. The van der Waals surface area contributed by atoms with E-state index < -0.39 is 0 Å². The van der Waals surface area contributed by atoms with Crippen molar-refractivity contribution in [1.82, 2.24) is 15.0 Å². The molecule has 5 heteroatoms. The molecule has 0 aliphatic heterocycles. The Kier molecular flexibility index (Phi) is 3.22. The Balaban J connectivity index is 2.54. The van der Waals surface area contributed by atoms with Crippen LogP contribution in [0.15, 0.2) is 6.33 Å². The summed E-state index contributed by atoms with van der Waals surface area (Å²) < 4.78 is 0. The average Bonchev–Trinajstić information content (AvgIpc) is 2.15. The van der Waals surface area contributed by atoms with E-state index in [9.17, 15) is 0 Å². The fourth-order valence-corrected chi connectivity index (χ4v) is 0.837. The van der Waals surface area contributed by atoms with Gasteiger partial charge in [0.2, 0.25) is 11.9 Å². The second-order valence-corrected chi connectivity index (χ2v) is 4.04. The summed E-state index contributed by atoms with van der Waals surface area (Å²) in [6.07, 6.45) is 2.50. The van der Waals surface area contributed by atoms with Gasteiger partial charge in [0.05, 0.1) is 0 Å². The molecule has 14 heavy (non-hydrogen) atoms. The third-order valence-electron chi connectivity index (χ3n) is 2.27. The van der Waals surface area contributed by atoms with E-state index in [1.165, 1.54) is 6.33 Å². The maximum Gasteiger partial charge on any atom is 0.227 e. The van der Waals surface area contributed by atoms with Gasteiger partial charge in [-0.25, -0.2) is 9.97 Å². The van der Waals surface area contributed by atoms with Gasteiger partial charge in [-0.15, -0.1) is 0 Å². The number of hydrogen-bond acceptors (Lipinski definition) is 5. The molecule has 0 atom stereocenters. The molecule has 0 aromatic carbocycles. The molecule has 0 spiro atoms.